The highest BCUT2D eigenvalue weighted by Crippen LogP contribution is 2.18. The lowest BCUT2D eigenvalue weighted by Gasteiger charge is -2.24. The second-order valence-corrected chi connectivity index (χ2v) is 5.52. The van der Waals surface area contributed by atoms with Crippen LogP contribution in [0.2, 0.25) is 0 Å². The number of nitrogens with one attached hydrogen (secondary N) is 1. The van der Waals surface area contributed by atoms with E-state index in [0.717, 1.165) is 6.42 Å². The molecule has 0 saturated carbocycles. The Morgan fingerprint density at radius 1 is 1.32 bits per heavy atom. The van der Waals surface area contributed by atoms with Gasteiger partial charge in [-0.2, -0.15) is 0 Å². The third-order valence-electron chi connectivity index (χ3n) is 2.58. The molecule has 1 atom stereocenters. The maximum atomic E-state index is 11.8. The molecule has 0 aromatic rings. The van der Waals surface area contributed by atoms with Crippen molar-refractivity contribution in [2.24, 2.45) is 5.92 Å². The largest absolute Gasteiger partial charge is 0.444 e. The molecule has 0 aromatic heterocycles. The predicted octanol–water partition coefficient (Wildman–Crippen LogP) is 2.41. The Morgan fingerprint density at radius 3 is 2.37 bits per heavy atom. The van der Waals surface area contributed by atoms with Gasteiger partial charge >= 0.3 is 6.09 Å². The zero-order valence-corrected chi connectivity index (χ0v) is 13.1. The minimum Gasteiger partial charge on any atom is -0.444 e. The fourth-order valence-electron chi connectivity index (χ4n) is 1.78. The van der Waals surface area contributed by atoms with Crippen LogP contribution >= 0.6 is 0 Å². The number of carbonyl (C=O) groups excluding carboxylic acids is 2. The van der Waals surface area contributed by atoms with E-state index < -0.39 is 5.60 Å². The number of rotatable bonds is 2. The summed E-state index contributed by atoms with van der Waals surface area (Å²) >= 11 is 0. The first-order chi connectivity index (χ1) is 8.78. The Hall–Kier alpha value is -1.26. The van der Waals surface area contributed by atoms with Crippen LogP contribution < -0.4 is 5.32 Å². The summed E-state index contributed by atoms with van der Waals surface area (Å²) in [5, 5.41) is 2.78. The number of hydrogen-bond acceptors (Lipinski definition) is 3. The SMILES string of the molecule is CC.CC(=O)NCC1CCN(C(=O)OC(C)(C)C)C1. The van der Waals surface area contributed by atoms with Crippen molar-refractivity contribution in [3.63, 3.8) is 0 Å². The van der Waals surface area contributed by atoms with Crippen molar-refractivity contribution in [1.82, 2.24) is 10.2 Å². The van der Waals surface area contributed by atoms with Crippen molar-refractivity contribution in [1.29, 1.82) is 0 Å². The summed E-state index contributed by atoms with van der Waals surface area (Å²) in [7, 11) is 0. The molecule has 1 fully saturated rings. The smallest absolute Gasteiger partial charge is 0.410 e. The number of amides is 2. The summed E-state index contributed by atoms with van der Waals surface area (Å²) in [6.07, 6.45) is 0.655. The summed E-state index contributed by atoms with van der Waals surface area (Å²) in [6, 6.07) is 0. The molecule has 112 valence electrons. The molecule has 0 aliphatic carbocycles. The van der Waals surface area contributed by atoms with Gasteiger partial charge in [0.05, 0.1) is 0 Å². The summed E-state index contributed by atoms with van der Waals surface area (Å²) < 4.78 is 5.30. The van der Waals surface area contributed by atoms with E-state index in [9.17, 15) is 9.59 Å². The molecule has 1 aliphatic rings. The van der Waals surface area contributed by atoms with Crippen molar-refractivity contribution in [2.75, 3.05) is 19.6 Å². The minimum absolute atomic E-state index is 0.0271. The summed E-state index contributed by atoms with van der Waals surface area (Å²) in [6.45, 7) is 13.1. The van der Waals surface area contributed by atoms with Crippen molar-refractivity contribution >= 4 is 12.0 Å². The van der Waals surface area contributed by atoms with Crippen LogP contribution in [0.3, 0.4) is 0 Å². The van der Waals surface area contributed by atoms with Gasteiger partial charge in [0.1, 0.15) is 5.60 Å². The first-order valence-corrected chi connectivity index (χ1v) is 7.00. The summed E-state index contributed by atoms with van der Waals surface area (Å²) in [4.78, 5) is 24.3. The van der Waals surface area contributed by atoms with E-state index in [1.165, 1.54) is 6.92 Å². The Kier molecular flexibility index (Phi) is 7.49. The molecule has 1 rings (SSSR count). The zero-order valence-electron chi connectivity index (χ0n) is 13.1. The first kappa shape index (κ1) is 17.7. The Morgan fingerprint density at radius 2 is 1.89 bits per heavy atom. The van der Waals surface area contributed by atoms with Gasteiger partial charge in [-0.3, -0.25) is 4.79 Å². The average Bonchev–Trinajstić information content (AvgIpc) is 2.75. The van der Waals surface area contributed by atoms with Crippen molar-refractivity contribution < 1.29 is 14.3 Å². The molecule has 1 unspecified atom stereocenters. The van der Waals surface area contributed by atoms with E-state index in [2.05, 4.69) is 5.32 Å². The van der Waals surface area contributed by atoms with E-state index in [0.29, 0.717) is 25.6 Å². The third kappa shape index (κ3) is 7.70. The molecule has 1 heterocycles. The predicted molar refractivity (Wildman–Crippen MR) is 75.9 cm³/mol. The molecule has 19 heavy (non-hydrogen) atoms. The van der Waals surface area contributed by atoms with Gasteiger partial charge in [0, 0.05) is 26.6 Å². The molecule has 5 heteroatoms. The van der Waals surface area contributed by atoms with Gasteiger partial charge in [0.15, 0.2) is 0 Å². The zero-order chi connectivity index (χ0) is 15.1. The second kappa shape index (κ2) is 8.02. The maximum Gasteiger partial charge on any atom is 0.410 e. The molecule has 0 spiro atoms. The number of nitrogens with zero attached hydrogens (tertiary/aromatic N) is 1. The fraction of sp³-hybridized carbons (Fsp3) is 0.857. The maximum absolute atomic E-state index is 11.8. The van der Waals surface area contributed by atoms with Gasteiger partial charge in [0.2, 0.25) is 5.91 Å². The number of hydrogen-bond donors (Lipinski definition) is 1. The number of ether oxygens (including phenoxy) is 1. The summed E-state index contributed by atoms with van der Waals surface area (Å²) in [5.41, 5.74) is -0.452. The van der Waals surface area contributed by atoms with Gasteiger partial charge in [-0.25, -0.2) is 4.79 Å². The molecule has 5 nitrogen and oxygen atoms in total. The van der Waals surface area contributed by atoms with E-state index >= 15 is 0 Å². The fourth-order valence-corrected chi connectivity index (χ4v) is 1.78. The van der Waals surface area contributed by atoms with Gasteiger partial charge < -0.3 is 15.0 Å². The number of likely N-dealkylation sites (tertiary alicyclic amines) is 1. The molecular formula is C14H28N2O3. The highest BCUT2D eigenvalue weighted by molar-refractivity contribution is 5.72. The van der Waals surface area contributed by atoms with Gasteiger partial charge in [0.25, 0.3) is 0 Å². The third-order valence-corrected chi connectivity index (χ3v) is 2.58. The highest BCUT2D eigenvalue weighted by Gasteiger charge is 2.29. The minimum atomic E-state index is -0.452. The lowest BCUT2D eigenvalue weighted by atomic mass is 10.1. The first-order valence-electron chi connectivity index (χ1n) is 7.00. The van der Waals surface area contributed by atoms with Crippen LogP contribution in [0, 0.1) is 5.92 Å². The van der Waals surface area contributed by atoms with Crippen LogP contribution in [0.4, 0.5) is 4.79 Å². The van der Waals surface area contributed by atoms with Crippen LogP contribution in [0.1, 0.15) is 48.0 Å². The number of carbonyl (C=O) groups is 2. The lowest BCUT2D eigenvalue weighted by molar-refractivity contribution is -0.119. The van der Waals surface area contributed by atoms with Crippen LogP contribution in [0.15, 0.2) is 0 Å². The molecule has 0 bridgehead atoms. The van der Waals surface area contributed by atoms with Gasteiger partial charge in [-0.15, -0.1) is 0 Å². The van der Waals surface area contributed by atoms with Crippen molar-refractivity contribution in [3.8, 4) is 0 Å². The van der Waals surface area contributed by atoms with Crippen LogP contribution in [0.5, 0.6) is 0 Å². The van der Waals surface area contributed by atoms with E-state index in [-0.39, 0.29) is 12.0 Å². The molecule has 2 amide bonds. The summed E-state index contributed by atoms with van der Waals surface area (Å²) in [5.74, 6) is 0.312. The molecule has 1 saturated heterocycles. The molecule has 0 aromatic carbocycles. The normalized spacial score (nSPS) is 18.4. The molecule has 1 N–H and O–H groups in total. The van der Waals surface area contributed by atoms with E-state index in [4.69, 9.17) is 4.74 Å². The van der Waals surface area contributed by atoms with Crippen LogP contribution in [-0.4, -0.2) is 42.1 Å². The van der Waals surface area contributed by atoms with Gasteiger partial charge in [-0.05, 0) is 33.1 Å². The van der Waals surface area contributed by atoms with E-state index in [1.807, 2.05) is 34.6 Å². The quantitative estimate of drug-likeness (QED) is 0.839. The molecule has 0 radical (unpaired) electrons. The van der Waals surface area contributed by atoms with Gasteiger partial charge in [-0.1, -0.05) is 13.8 Å². The Bertz CT molecular complexity index is 298. The highest BCUT2D eigenvalue weighted by atomic mass is 16.6. The van der Waals surface area contributed by atoms with Crippen LogP contribution in [-0.2, 0) is 9.53 Å². The second-order valence-electron chi connectivity index (χ2n) is 5.52. The lowest BCUT2D eigenvalue weighted by Crippen LogP contribution is -2.36. The van der Waals surface area contributed by atoms with Crippen LogP contribution in [0.25, 0.3) is 0 Å². The van der Waals surface area contributed by atoms with Crippen molar-refractivity contribution in [3.05, 3.63) is 0 Å². The molecule has 1 aliphatic heterocycles. The average molecular weight is 272 g/mol. The Balaban J connectivity index is 0.00000154. The Labute approximate surface area is 116 Å². The van der Waals surface area contributed by atoms with Crippen molar-refractivity contribution in [2.45, 2.75) is 53.6 Å². The topological polar surface area (TPSA) is 58.6 Å². The standard InChI is InChI=1S/C12H22N2O3.C2H6/c1-9(15)13-7-10-5-6-14(8-10)11(16)17-12(2,3)4;1-2/h10H,5-8H2,1-4H3,(H,13,15);1-2H3. The monoisotopic (exact) mass is 272 g/mol. The van der Waals surface area contributed by atoms with E-state index in [1.54, 1.807) is 4.90 Å². The molecular weight excluding hydrogens is 244 g/mol.